The monoisotopic (exact) mass is 371 g/mol. The summed E-state index contributed by atoms with van der Waals surface area (Å²) in [5.74, 6) is 2.44. The maximum absolute atomic E-state index is 5.34. The van der Waals surface area contributed by atoms with Gasteiger partial charge in [0.05, 0.1) is 13.7 Å². The van der Waals surface area contributed by atoms with Crippen molar-refractivity contribution in [2.45, 2.75) is 26.6 Å². The molecule has 1 N–H and O–H groups in total. The first-order valence-corrected chi connectivity index (χ1v) is 9.34. The van der Waals surface area contributed by atoms with E-state index in [1.165, 1.54) is 22.3 Å². The minimum absolute atomic E-state index is 0.728. The number of methoxy groups -OCH3 is 1. The van der Waals surface area contributed by atoms with Crippen molar-refractivity contribution in [1.29, 1.82) is 0 Å². The molecule has 6 nitrogen and oxygen atoms in total. The highest BCUT2D eigenvalue weighted by Gasteiger charge is 2.22. The molecule has 0 radical (unpaired) electrons. The second-order valence-corrected chi connectivity index (χ2v) is 7.20. The standard InChI is InChI=1S/C22H21N5O/c1-14-9-24-22(27-12-16-4-6-20(28-2)8-18(16)13-27)26-21(14)25-19-5-3-15-10-23-11-17(15)7-19/h3-9,11H,10,12-13H2,1-2H3,(H,24,25,26). The second kappa shape index (κ2) is 6.64. The van der Waals surface area contributed by atoms with E-state index in [1.54, 1.807) is 7.11 Å². The molecule has 6 heteroatoms. The van der Waals surface area contributed by atoms with Crippen LogP contribution in [0, 0.1) is 6.92 Å². The van der Waals surface area contributed by atoms with Crippen LogP contribution in [0.3, 0.4) is 0 Å². The fourth-order valence-corrected chi connectivity index (χ4v) is 3.67. The molecule has 2 aliphatic rings. The minimum atomic E-state index is 0.728. The summed E-state index contributed by atoms with van der Waals surface area (Å²) in [4.78, 5) is 15.9. The first-order chi connectivity index (χ1) is 13.7. The molecular weight excluding hydrogens is 350 g/mol. The van der Waals surface area contributed by atoms with E-state index in [1.807, 2.05) is 25.4 Å². The first-order valence-electron chi connectivity index (χ1n) is 9.34. The number of ether oxygens (including phenoxy) is 1. The van der Waals surface area contributed by atoms with Gasteiger partial charge in [-0.15, -0.1) is 0 Å². The van der Waals surface area contributed by atoms with Crippen LogP contribution in [0.15, 0.2) is 47.6 Å². The molecule has 0 amide bonds. The Hall–Kier alpha value is -3.41. The minimum Gasteiger partial charge on any atom is -0.497 e. The van der Waals surface area contributed by atoms with Crippen LogP contribution in [0.5, 0.6) is 5.75 Å². The van der Waals surface area contributed by atoms with E-state index in [4.69, 9.17) is 9.72 Å². The number of hydrogen-bond acceptors (Lipinski definition) is 6. The molecule has 2 aliphatic heterocycles. The SMILES string of the molecule is COc1ccc2c(c1)CN(c1ncc(C)c(Nc3ccc4c(c3)C=NC4)n1)C2. The van der Waals surface area contributed by atoms with Crippen LogP contribution >= 0.6 is 0 Å². The molecular formula is C22H21N5O. The number of aromatic nitrogens is 2. The van der Waals surface area contributed by atoms with Gasteiger partial charge in [-0.2, -0.15) is 4.98 Å². The van der Waals surface area contributed by atoms with Crippen LogP contribution in [-0.4, -0.2) is 23.3 Å². The molecule has 0 fully saturated rings. The smallest absolute Gasteiger partial charge is 0.227 e. The number of nitrogens with zero attached hydrogens (tertiary/aromatic N) is 4. The van der Waals surface area contributed by atoms with Gasteiger partial charge in [0.15, 0.2) is 0 Å². The molecule has 5 rings (SSSR count). The number of anilines is 3. The Morgan fingerprint density at radius 2 is 1.89 bits per heavy atom. The largest absolute Gasteiger partial charge is 0.497 e. The van der Waals surface area contributed by atoms with Gasteiger partial charge in [0.25, 0.3) is 0 Å². The maximum atomic E-state index is 5.34. The fourth-order valence-electron chi connectivity index (χ4n) is 3.67. The van der Waals surface area contributed by atoms with Crippen LogP contribution in [0.4, 0.5) is 17.5 Å². The van der Waals surface area contributed by atoms with Gasteiger partial charge in [-0.1, -0.05) is 12.1 Å². The van der Waals surface area contributed by atoms with Crippen molar-refractivity contribution in [2.24, 2.45) is 4.99 Å². The zero-order valence-electron chi connectivity index (χ0n) is 15.9. The van der Waals surface area contributed by atoms with Crippen LogP contribution in [0.1, 0.15) is 27.8 Å². The predicted octanol–water partition coefficient (Wildman–Crippen LogP) is 3.99. The zero-order chi connectivity index (χ0) is 19.1. The molecule has 1 aromatic heterocycles. The summed E-state index contributed by atoms with van der Waals surface area (Å²) in [7, 11) is 1.69. The van der Waals surface area contributed by atoms with Gasteiger partial charge in [-0.3, -0.25) is 4.99 Å². The van der Waals surface area contributed by atoms with Gasteiger partial charge in [0.1, 0.15) is 11.6 Å². The van der Waals surface area contributed by atoms with Crippen LogP contribution in [-0.2, 0) is 19.6 Å². The number of hydrogen-bond donors (Lipinski definition) is 1. The van der Waals surface area contributed by atoms with Gasteiger partial charge < -0.3 is 15.0 Å². The lowest BCUT2D eigenvalue weighted by Crippen LogP contribution is -2.18. The molecule has 0 saturated heterocycles. The average Bonchev–Trinajstić information content (AvgIpc) is 3.35. The van der Waals surface area contributed by atoms with E-state index >= 15 is 0 Å². The van der Waals surface area contributed by atoms with Gasteiger partial charge in [0, 0.05) is 36.8 Å². The lowest BCUT2D eigenvalue weighted by molar-refractivity contribution is 0.414. The Morgan fingerprint density at radius 1 is 1.04 bits per heavy atom. The van der Waals surface area contributed by atoms with Crippen LogP contribution in [0.2, 0.25) is 0 Å². The van der Waals surface area contributed by atoms with Crippen molar-refractivity contribution in [3.8, 4) is 5.75 Å². The topological polar surface area (TPSA) is 62.6 Å². The zero-order valence-corrected chi connectivity index (χ0v) is 15.9. The Bertz CT molecular complexity index is 1090. The summed E-state index contributed by atoms with van der Waals surface area (Å²) in [6.07, 6.45) is 3.80. The lowest BCUT2D eigenvalue weighted by atomic mass is 10.1. The third kappa shape index (κ3) is 2.97. The van der Waals surface area contributed by atoms with Crippen LogP contribution in [0.25, 0.3) is 0 Å². The van der Waals surface area contributed by atoms with E-state index in [9.17, 15) is 0 Å². The van der Waals surface area contributed by atoms with Gasteiger partial charge in [0.2, 0.25) is 5.95 Å². The van der Waals surface area contributed by atoms with Gasteiger partial charge in [-0.05, 0) is 53.4 Å². The fraction of sp³-hybridized carbons (Fsp3) is 0.227. The second-order valence-electron chi connectivity index (χ2n) is 7.20. The summed E-state index contributed by atoms with van der Waals surface area (Å²) >= 11 is 0. The quantitative estimate of drug-likeness (QED) is 0.751. The number of aryl methyl sites for hydroxylation is 1. The molecule has 3 heterocycles. The molecule has 0 bridgehead atoms. The molecule has 0 atom stereocenters. The molecule has 2 aromatic carbocycles. The number of fused-ring (bicyclic) bond motifs is 2. The van der Waals surface area contributed by atoms with Crippen molar-refractivity contribution in [3.05, 3.63) is 70.4 Å². The van der Waals surface area contributed by atoms with E-state index in [2.05, 4.69) is 50.5 Å². The average molecular weight is 371 g/mol. The van der Waals surface area contributed by atoms with E-state index in [0.717, 1.165) is 48.4 Å². The summed E-state index contributed by atoms with van der Waals surface area (Å²) in [5, 5.41) is 3.45. The normalized spacial score (nSPS) is 14.1. The molecule has 3 aromatic rings. The Morgan fingerprint density at radius 3 is 2.79 bits per heavy atom. The Labute approximate surface area is 163 Å². The van der Waals surface area contributed by atoms with Crippen molar-refractivity contribution >= 4 is 23.7 Å². The van der Waals surface area contributed by atoms with Crippen molar-refractivity contribution < 1.29 is 4.74 Å². The van der Waals surface area contributed by atoms with E-state index in [0.29, 0.717) is 0 Å². The van der Waals surface area contributed by atoms with Crippen molar-refractivity contribution in [3.63, 3.8) is 0 Å². The molecule has 0 spiro atoms. The number of aliphatic imine (C=N–C) groups is 1. The predicted molar refractivity (Wildman–Crippen MR) is 111 cm³/mol. The maximum Gasteiger partial charge on any atom is 0.227 e. The highest BCUT2D eigenvalue weighted by Crippen LogP contribution is 2.30. The van der Waals surface area contributed by atoms with Gasteiger partial charge in [-0.25, -0.2) is 4.98 Å². The Balaban J connectivity index is 1.40. The third-order valence-electron chi connectivity index (χ3n) is 5.28. The third-order valence-corrected chi connectivity index (χ3v) is 5.28. The first kappa shape index (κ1) is 16.7. The number of nitrogens with one attached hydrogen (secondary N) is 1. The van der Waals surface area contributed by atoms with Crippen LogP contribution < -0.4 is 15.0 Å². The molecule has 0 aliphatic carbocycles. The number of rotatable bonds is 4. The molecule has 28 heavy (non-hydrogen) atoms. The summed E-state index contributed by atoms with van der Waals surface area (Å²) in [6.45, 7) is 4.37. The lowest BCUT2D eigenvalue weighted by Gasteiger charge is -2.17. The summed E-state index contributed by atoms with van der Waals surface area (Å²) in [5.41, 5.74) is 7.00. The molecule has 0 unspecified atom stereocenters. The molecule has 140 valence electrons. The van der Waals surface area contributed by atoms with Crippen molar-refractivity contribution in [2.75, 3.05) is 17.3 Å². The number of benzene rings is 2. The summed E-state index contributed by atoms with van der Waals surface area (Å²) < 4.78 is 5.34. The molecule has 0 saturated carbocycles. The van der Waals surface area contributed by atoms with E-state index in [-0.39, 0.29) is 0 Å². The highest BCUT2D eigenvalue weighted by atomic mass is 16.5. The van der Waals surface area contributed by atoms with Crippen molar-refractivity contribution in [1.82, 2.24) is 9.97 Å². The summed E-state index contributed by atoms with van der Waals surface area (Å²) in [6, 6.07) is 12.5. The highest BCUT2D eigenvalue weighted by molar-refractivity contribution is 5.86. The Kier molecular flexibility index (Phi) is 3.97. The van der Waals surface area contributed by atoms with Gasteiger partial charge >= 0.3 is 0 Å². The van der Waals surface area contributed by atoms with E-state index < -0.39 is 0 Å².